The first-order valence-corrected chi connectivity index (χ1v) is 8.52. The summed E-state index contributed by atoms with van der Waals surface area (Å²) in [5, 5.41) is 7.38. The largest absolute Gasteiger partial charge is 0.352 e. The van der Waals surface area contributed by atoms with E-state index in [0.29, 0.717) is 12.3 Å². The highest BCUT2D eigenvalue weighted by Crippen LogP contribution is 2.26. The van der Waals surface area contributed by atoms with Gasteiger partial charge in [-0.05, 0) is 30.7 Å². The van der Waals surface area contributed by atoms with Crippen LogP contribution in [-0.2, 0) is 17.8 Å². The van der Waals surface area contributed by atoms with Gasteiger partial charge in [0, 0.05) is 17.7 Å². The van der Waals surface area contributed by atoms with Gasteiger partial charge >= 0.3 is 0 Å². The van der Waals surface area contributed by atoms with E-state index >= 15 is 0 Å². The molecule has 1 aliphatic carbocycles. The van der Waals surface area contributed by atoms with Crippen LogP contribution in [0.4, 0.5) is 0 Å². The number of hydrogen-bond acceptors (Lipinski definition) is 3. The van der Waals surface area contributed by atoms with Crippen LogP contribution in [0.1, 0.15) is 32.4 Å². The molecule has 0 bridgehead atoms. The van der Waals surface area contributed by atoms with E-state index in [0.717, 1.165) is 29.7 Å². The Morgan fingerprint density at radius 1 is 1.29 bits per heavy atom. The first-order valence-electron chi connectivity index (χ1n) is 8.52. The summed E-state index contributed by atoms with van der Waals surface area (Å²) in [5.74, 6) is 0.531. The molecule has 0 radical (unpaired) electrons. The third-order valence-electron chi connectivity index (χ3n) is 4.53. The molecule has 1 N–H and O–H groups in total. The predicted octanol–water partition coefficient (Wildman–Crippen LogP) is 2.39. The minimum atomic E-state index is -0.247. The van der Waals surface area contributed by atoms with Crippen LogP contribution in [0.3, 0.4) is 0 Å². The maximum atomic E-state index is 12.4. The number of aryl methyl sites for hydroxylation is 1. The number of hydrogen-bond donors (Lipinski definition) is 1. The van der Waals surface area contributed by atoms with Gasteiger partial charge in [-0.25, -0.2) is 4.68 Å². The van der Waals surface area contributed by atoms with Gasteiger partial charge < -0.3 is 5.32 Å². The SMILES string of the molecule is CCc1nn(CC(=O)NC2CC(C)C2)c(=O)cc1-c1ccccc1. The van der Waals surface area contributed by atoms with Crippen LogP contribution in [-0.4, -0.2) is 21.7 Å². The van der Waals surface area contributed by atoms with Gasteiger partial charge in [0.05, 0.1) is 5.69 Å². The van der Waals surface area contributed by atoms with Gasteiger partial charge in [0.15, 0.2) is 0 Å². The summed E-state index contributed by atoms with van der Waals surface area (Å²) in [6.45, 7) is 4.15. The number of nitrogens with one attached hydrogen (secondary N) is 1. The van der Waals surface area contributed by atoms with E-state index < -0.39 is 0 Å². The zero-order valence-corrected chi connectivity index (χ0v) is 14.2. The molecule has 0 unspecified atom stereocenters. The van der Waals surface area contributed by atoms with Crippen molar-refractivity contribution in [2.45, 2.75) is 45.7 Å². The Balaban J connectivity index is 1.79. The highest BCUT2D eigenvalue weighted by molar-refractivity contribution is 5.76. The van der Waals surface area contributed by atoms with Gasteiger partial charge in [0.1, 0.15) is 6.54 Å². The smallest absolute Gasteiger partial charge is 0.267 e. The molecule has 1 aromatic heterocycles. The summed E-state index contributed by atoms with van der Waals surface area (Å²) in [5.41, 5.74) is 2.39. The lowest BCUT2D eigenvalue weighted by Gasteiger charge is -2.33. The van der Waals surface area contributed by atoms with E-state index in [1.54, 1.807) is 6.07 Å². The predicted molar refractivity (Wildman–Crippen MR) is 93.6 cm³/mol. The Kier molecular flexibility index (Phi) is 4.79. The molecule has 5 heteroatoms. The third-order valence-corrected chi connectivity index (χ3v) is 4.53. The topological polar surface area (TPSA) is 64.0 Å². The monoisotopic (exact) mass is 325 g/mol. The van der Waals surface area contributed by atoms with Gasteiger partial charge in [-0.3, -0.25) is 9.59 Å². The van der Waals surface area contributed by atoms with Crippen molar-refractivity contribution in [3.63, 3.8) is 0 Å². The second-order valence-electron chi connectivity index (χ2n) is 6.56. The van der Waals surface area contributed by atoms with Crippen LogP contribution in [0.15, 0.2) is 41.2 Å². The molecule has 1 aromatic carbocycles. The maximum Gasteiger partial charge on any atom is 0.267 e. The van der Waals surface area contributed by atoms with E-state index in [2.05, 4.69) is 17.3 Å². The Labute approximate surface area is 141 Å². The van der Waals surface area contributed by atoms with Gasteiger partial charge in [-0.2, -0.15) is 5.10 Å². The molecule has 24 heavy (non-hydrogen) atoms. The highest BCUT2D eigenvalue weighted by atomic mass is 16.2. The Bertz CT molecular complexity index is 777. The molecule has 2 aromatic rings. The molecule has 3 rings (SSSR count). The first-order chi connectivity index (χ1) is 11.6. The molecule has 0 spiro atoms. The number of rotatable bonds is 5. The number of aromatic nitrogens is 2. The number of benzene rings is 1. The van der Waals surface area contributed by atoms with Crippen molar-refractivity contribution in [2.24, 2.45) is 5.92 Å². The molecule has 1 heterocycles. The van der Waals surface area contributed by atoms with Gasteiger partial charge in [-0.15, -0.1) is 0 Å². The number of amides is 1. The zero-order chi connectivity index (χ0) is 17.1. The summed E-state index contributed by atoms with van der Waals surface area (Å²) in [6.07, 6.45) is 2.73. The molecule has 1 amide bonds. The molecular formula is C19H23N3O2. The molecule has 126 valence electrons. The third kappa shape index (κ3) is 3.55. The fraction of sp³-hybridized carbons (Fsp3) is 0.421. The van der Waals surface area contributed by atoms with Crippen molar-refractivity contribution in [3.8, 4) is 11.1 Å². The molecule has 5 nitrogen and oxygen atoms in total. The van der Waals surface area contributed by atoms with E-state index in [1.807, 2.05) is 37.3 Å². The zero-order valence-electron chi connectivity index (χ0n) is 14.2. The second kappa shape index (κ2) is 6.99. The molecule has 1 fully saturated rings. The van der Waals surface area contributed by atoms with Crippen LogP contribution < -0.4 is 10.9 Å². The van der Waals surface area contributed by atoms with Gasteiger partial charge in [-0.1, -0.05) is 44.2 Å². The van der Waals surface area contributed by atoms with Crippen LogP contribution >= 0.6 is 0 Å². The van der Waals surface area contributed by atoms with E-state index in [4.69, 9.17) is 0 Å². The van der Waals surface area contributed by atoms with E-state index in [1.165, 1.54) is 4.68 Å². The van der Waals surface area contributed by atoms with Crippen LogP contribution in [0.25, 0.3) is 11.1 Å². The van der Waals surface area contributed by atoms with Crippen LogP contribution in [0, 0.1) is 5.92 Å². The summed E-state index contributed by atoms with van der Waals surface area (Å²) in [7, 11) is 0. The summed E-state index contributed by atoms with van der Waals surface area (Å²) in [6, 6.07) is 11.6. The van der Waals surface area contributed by atoms with Crippen molar-refractivity contribution in [2.75, 3.05) is 0 Å². The van der Waals surface area contributed by atoms with Crippen LogP contribution in [0.5, 0.6) is 0 Å². The average Bonchev–Trinajstić information content (AvgIpc) is 2.55. The Morgan fingerprint density at radius 3 is 2.62 bits per heavy atom. The minimum Gasteiger partial charge on any atom is -0.352 e. The van der Waals surface area contributed by atoms with Gasteiger partial charge in [0.2, 0.25) is 5.91 Å². The molecule has 1 aliphatic rings. The lowest BCUT2D eigenvalue weighted by Crippen LogP contribution is -2.45. The van der Waals surface area contributed by atoms with Crippen molar-refractivity contribution in [3.05, 3.63) is 52.4 Å². The molecule has 0 saturated heterocycles. The normalized spacial score (nSPS) is 19.6. The molecule has 0 atom stereocenters. The van der Waals surface area contributed by atoms with E-state index in [9.17, 15) is 9.59 Å². The molecule has 1 saturated carbocycles. The standard InChI is InChI=1S/C19H23N3O2/c1-3-17-16(14-7-5-4-6-8-14)11-19(24)22(21-17)12-18(23)20-15-9-13(2)10-15/h4-8,11,13,15H,3,9-10,12H2,1-2H3,(H,20,23). The van der Waals surface area contributed by atoms with Crippen molar-refractivity contribution in [1.82, 2.24) is 15.1 Å². The minimum absolute atomic E-state index is 0.0220. The quantitative estimate of drug-likeness (QED) is 0.918. The van der Waals surface area contributed by atoms with Crippen molar-refractivity contribution >= 4 is 5.91 Å². The lowest BCUT2D eigenvalue weighted by molar-refractivity contribution is -0.123. The highest BCUT2D eigenvalue weighted by Gasteiger charge is 2.26. The average molecular weight is 325 g/mol. The second-order valence-corrected chi connectivity index (χ2v) is 6.56. The van der Waals surface area contributed by atoms with Gasteiger partial charge in [0.25, 0.3) is 5.56 Å². The van der Waals surface area contributed by atoms with Crippen LogP contribution in [0.2, 0.25) is 0 Å². The maximum absolute atomic E-state index is 12.4. The Morgan fingerprint density at radius 2 is 2.00 bits per heavy atom. The number of carbonyl (C=O) groups excluding carboxylic acids is 1. The lowest BCUT2D eigenvalue weighted by atomic mass is 9.82. The van der Waals surface area contributed by atoms with Crippen molar-refractivity contribution in [1.29, 1.82) is 0 Å². The van der Waals surface area contributed by atoms with E-state index in [-0.39, 0.29) is 24.1 Å². The molecular weight excluding hydrogens is 302 g/mol. The fourth-order valence-electron chi connectivity index (χ4n) is 3.20. The summed E-state index contributed by atoms with van der Waals surface area (Å²) < 4.78 is 1.27. The fourth-order valence-corrected chi connectivity index (χ4v) is 3.20. The number of carbonyl (C=O) groups is 1. The number of nitrogens with zero attached hydrogens (tertiary/aromatic N) is 2. The Hall–Kier alpha value is -2.43. The molecule has 0 aliphatic heterocycles. The first kappa shape index (κ1) is 16.4. The van der Waals surface area contributed by atoms with Crippen molar-refractivity contribution < 1.29 is 4.79 Å². The summed E-state index contributed by atoms with van der Waals surface area (Å²) >= 11 is 0. The summed E-state index contributed by atoms with van der Waals surface area (Å²) in [4.78, 5) is 24.5.